The van der Waals surface area contributed by atoms with E-state index >= 15 is 0 Å². The molecule has 0 radical (unpaired) electrons. The fourth-order valence-electron chi connectivity index (χ4n) is 20.4. The summed E-state index contributed by atoms with van der Waals surface area (Å²) in [5.74, 6) is -6.61. The molecule has 15 rings (SSSR count). The summed E-state index contributed by atoms with van der Waals surface area (Å²) in [5, 5.41) is 123. The quantitative estimate of drug-likeness (QED) is 0.00572. The van der Waals surface area contributed by atoms with Crippen LogP contribution < -0.4 is 35.8 Å². The first-order valence-electron chi connectivity index (χ1n) is 49.2. The average Bonchev–Trinajstić information content (AvgIpc) is 1.21. The molecule has 1 amide bonds. The molecule has 6 bridgehead atoms. The number of allylic oxidation sites excluding steroid dienone is 3. The first kappa shape index (κ1) is 109. The maximum atomic E-state index is 14.5. The Morgan fingerprint density at radius 1 is 0.565 bits per heavy atom. The zero-order valence-electron chi connectivity index (χ0n) is 83.7. The van der Waals surface area contributed by atoms with Crippen molar-refractivity contribution in [3.63, 3.8) is 0 Å². The molecule has 42 nitrogen and oxygen atoms in total. The second-order valence-electron chi connectivity index (χ2n) is 37.1. The molecule has 6 heterocycles. The molecule has 1 aromatic heterocycles. The molecule has 3 unspecified atom stereocenters. The number of nitrogens with one attached hydrogen (secondary N) is 2. The van der Waals surface area contributed by atoms with Gasteiger partial charge in [-0.25, -0.2) is 15.2 Å². The van der Waals surface area contributed by atoms with Gasteiger partial charge in [0.1, 0.15) is 65.5 Å². The third-order valence-corrected chi connectivity index (χ3v) is 27.9. The number of aromatic hydroxyl groups is 4. The zero-order chi connectivity index (χ0) is 105. The van der Waals surface area contributed by atoms with E-state index in [1.165, 1.54) is 50.6 Å². The molecular formula is C105H128N10O32. The molecule has 5 aliphatic heterocycles. The fraction of sp³-hybridized carbons (Fsp3) is 0.505. The molecule has 2 saturated heterocycles. The van der Waals surface area contributed by atoms with E-state index in [-0.39, 0.29) is 158 Å². The third-order valence-electron chi connectivity index (χ3n) is 27.9. The largest absolute Gasteiger partial charge is 0.507 e. The standard InChI is InChI=1S/C105H128N10O32/c1-11-56-57(12-2)67-40-69-59(20-16-24-143-103(129)115-114-81(51-117)105(131)44-63-88(79(46-105)147-84-38-65(107)94(120)55(6)145-84)102(128)92-90(98(63)124)96(122)61-18-14-22-75(135-10)86(61)100(92)126)53(4)73(113-69)48-109-71-42-77(141-36-34-139-32-30-137-28-26-133-8)76(140-35-33-138-31-29-136-27-25-132-7)41-70(71)108-47-72-52(3)58(68(112-72)39-66(56)111-67)19-15-23-142-82(118)49-110-80(50-116)104(130)43-62-87(78(45-104)146-83-37-64(106)93(119)54(5)144-83)101(127)91-89(97(62)123)95(121)60-17-13-21-74(134-9)85(60)99(91)125/h13-14,17-18,21-22,40-42,47-48,54-55,64-65,68,78-79,83-84,93-94,111,116-117,119-120,123-124,127-128,130-131H,11-12,15-16,19-20,23-39,43-46,49-51,106-107H2,1-10H3,(H,115,129)/b69-40?,108-47?,109-48?,110-80?,114-81-/t54-,55+,64-,65+,68?,78?,79?,83+,84-,93+,94-,104-,105+/m1/s1. The van der Waals surface area contributed by atoms with Crippen LogP contribution in [0, 0.1) is 0 Å². The van der Waals surface area contributed by atoms with Crippen molar-refractivity contribution in [2.75, 3.05) is 141 Å². The van der Waals surface area contributed by atoms with E-state index in [4.69, 9.17) is 107 Å². The van der Waals surface area contributed by atoms with Crippen molar-refractivity contribution in [1.82, 2.24) is 10.4 Å². The Balaban J connectivity index is 0.695. The molecule has 9 aliphatic rings. The Labute approximate surface area is 847 Å². The van der Waals surface area contributed by atoms with Crippen LogP contribution in [0.3, 0.4) is 0 Å². The predicted molar refractivity (Wildman–Crippen MR) is 533 cm³/mol. The number of aromatic amines is 1. The molecule has 0 saturated carbocycles. The molecule has 6 aromatic rings. The lowest BCUT2D eigenvalue weighted by Crippen LogP contribution is -2.53. The second kappa shape index (κ2) is 48.3. The number of aromatic nitrogens is 1. The van der Waals surface area contributed by atoms with Crippen molar-refractivity contribution in [3.05, 3.63) is 166 Å². The number of ether oxygens (including phenoxy) is 16. The third kappa shape index (κ3) is 23.3. The van der Waals surface area contributed by atoms with Crippen LogP contribution in [0.15, 0.2) is 107 Å². The molecule has 2 fully saturated rings. The highest BCUT2D eigenvalue weighted by molar-refractivity contribution is 6.41. The Hall–Kier alpha value is -12.3. The Kier molecular flexibility index (Phi) is 35.8. The van der Waals surface area contributed by atoms with Crippen molar-refractivity contribution in [2.24, 2.45) is 41.5 Å². The molecule has 147 heavy (non-hydrogen) atoms. The molecule has 5 aromatic carbocycles. The molecule has 790 valence electrons. The van der Waals surface area contributed by atoms with Crippen molar-refractivity contribution >= 4 is 87.9 Å². The summed E-state index contributed by atoms with van der Waals surface area (Å²) in [6.07, 6.45) is -5.15. The minimum absolute atomic E-state index is 0.0284. The number of esters is 1. The number of aliphatic hydroxyl groups is 6. The fourth-order valence-corrected chi connectivity index (χ4v) is 20.4. The van der Waals surface area contributed by atoms with Gasteiger partial charge in [-0.05, 0) is 118 Å². The number of carbonyl (C=O) groups excluding carboxylic acids is 6. The number of benzene rings is 5. The zero-order valence-corrected chi connectivity index (χ0v) is 83.7. The maximum Gasteiger partial charge on any atom is 0.427 e. The van der Waals surface area contributed by atoms with Crippen LogP contribution in [0.25, 0.3) is 6.08 Å². The number of nitrogens with two attached hydrogens (primary N) is 2. The highest BCUT2D eigenvalue weighted by Gasteiger charge is 2.53. The molecule has 13 atom stereocenters. The van der Waals surface area contributed by atoms with Gasteiger partial charge in [0.25, 0.3) is 0 Å². The molecule has 0 spiro atoms. The van der Waals surface area contributed by atoms with Crippen LogP contribution in [-0.2, 0) is 93.7 Å². The maximum absolute atomic E-state index is 14.5. The van der Waals surface area contributed by atoms with Crippen LogP contribution in [0.4, 0.5) is 16.2 Å². The lowest BCUT2D eigenvalue weighted by molar-refractivity contribution is -0.246. The van der Waals surface area contributed by atoms with Crippen LogP contribution in [0.5, 0.6) is 46.0 Å². The van der Waals surface area contributed by atoms with E-state index in [1.807, 2.05) is 19.9 Å². The van der Waals surface area contributed by atoms with Crippen molar-refractivity contribution < 1.29 is 156 Å². The lowest BCUT2D eigenvalue weighted by Gasteiger charge is -2.43. The van der Waals surface area contributed by atoms with Crippen molar-refractivity contribution in [2.45, 2.75) is 204 Å². The number of H-pyrrole nitrogens is 1. The van der Waals surface area contributed by atoms with Gasteiger partial charge < -0.3 is 143 Å². The number of rotatable bonds is 43. The minimum Gasteiger partial charge on any atom is -0.507 e. The number of phenols is 4. The topological polar surface area (TPSA) is 606 Å². The summed E-state index contributed by atoms with van der Waals surface area (Å²) < 4.78 is 93.7. The van der Waals surface area contributed by atoms with E-state index in [0.29, 0.717) is 93.8 Å². The summed E-state index contributed by atoms with van der Waals surface area (Å²) in [5.41, 5.74) is 15.0. The van der Waals surface area contributed by atoms with Crippen molar-refractivity contribution in [1.29, 1.82) is 0 Å². The molecular weight excluding hydrogens is 1910 g/mol. The average molecular weight is 2040 g/mol. The summed E-state index contributed by atoms with van der Waals surface area (Å²) in [7, 11) is 5.78. The Morgan fingerprint density at radius 3 is 1.52 bits per heavy atom. The van der Waals surface area contributed by atoms with Crippen LogP contribution in [0.1, 0.15) is 214 Å². The van der Waals surface area contributed by atoms with Gasteiger partial charge in [0.2, 0.25) is 11.6 Å². The summed E-state index contributed by atoms with van der Waals surface area (Å²) in [6, 6.07) is 9.79. The van der Waals surface area contributed by atoms with Gasteiger partial charge in [0.15, 0.2) is 35.6 Å². The number of phenolic OH excluding ortho intramolecular Hbond substituents is 4. The summed E-state index contributed by atoms with van der Waals surface area (Å²) >= 11 is 0. The minimum atomic E-state index is -2.35. The van der Waals surface area contributed by atoms with E-state index in [9.17, 15) is 79.8 Å². The smallest absolute Gasteiger partial charge is 0.427 e. The van der Waals surface area contributed by atoms with Gasteiger partial charge in [-0.1, -0.05) is 38.1 Å². The lowest BCUT2D eigenvalue weighted by atomic mass is 9.71. The first-order valence-corrected chi connectivity index (χ1v) is 49.2. The van der Waals surface area contributed by atoms with Crippen LogP contribution in [0.2, 0.25) is 0 Å². The number of amides is 1. The molecule has 42 heteroatoms. The second-order valence-corrected chi connectivity index (χ2v) is 37.1. The monoisotopic (exact) mass is 2040 g/mol. The Bertz CT molecular complexity index is 6250. The molecule has 4 aliphatic carbocycles. The number of nitrogens with zero attached hydrogens (tertiary/aromatic N) is 6. The van der Waals surface area contributed by atoms with Gasteiger partial charge in [-0.15, -0.1) is 0 Å². The summed E-state index contributed by atoms with van der Waals surface area (Å²) in [4.78, 5) is 115. The number of hydrogen-bond acceptors (Lipinski definition) is 40. The highest BCUT2D eigenvalue weighted by Crippen LogP contribution is 2.56. The van der Waals surface area contributed by atoms with E-state index in [1.54, 1.807) is 52.6 Å². The molecule has 16 N–H and O–H groups in total. The number of carbonyl (C=O) groups is 6. The number of hydrazone groups is 1. The predicted octanol–water partition coefficient (Wildman–Crippen LogP) is 7.69. The van der Waals surface area contributed by atoms with Crippen LogP contribution in [-0.4, -0.2) is 334 Å². The van der Waals surface area contributed by atoms with E-state index in [2.05, 4.69) is 34.4 Å². The van der Waals surface area contributed by atoms with Gasteiger partial charge >= 0.3 is 12.1 Å². The van der Waals surface area contributed by atoms with Gasteiger partial charge in [-0.3, -0.25) is 43.9 Å². The highest BCUT2D eigenvalue weighted by atomic mass is 16.7. The van der Waals surface area contributed by atoms with Gasteiger partial charge in [0, 0.05) is 128 Å². The van der Waals surface area contributed by atoms with Crippen molar-refractivity contribution in [3.8, 4) is 46.0 Å². The van der Waals surface area contributed by atoms with Gasteiger partial charge in [0.05, 0.1) is 235 Å². The number of ketones is 4. The normalized spacial score (nSPS) is 23.7. The van der Waals surface area contributed by atoms with E-state index < -0.39 is 210 Å². The number of aliphatic imine (C=N–C) groups is 5. The summed E-state index contributed by atoms with van der Waals surface area (Å²) in [6.45, 7) is 11.3. The number of aliphatic hydroxyl groups excluding tert-OH is 4. The number of methoxy groups -OCH3 is 4. The van der Waals surface area contributed by atoms with Gasteiger partial charge in [-0.2, -0.15) is 5.10 Å². The SMILES string of the molecule is CCc1c2[nH]c(c1CC)CC1N=C(C=Nc3cc(OCCOCCOCCOC)c(OCCOCCOCCOC)cc3N=CC3=NC(=C2)C(CCCOC(=O)N/N=C(/CO)[C@]2(O)Cc4c(O)c5c(c(O)c4C(O[C@@H]4C[C@H](N)[C@H](O)[C@H](C)O4)C2)C(=O)c2c(OC)cccc2C5=O)=C3C)C(C)=C1CCCOC(=O)CN=C(CO)[C@@]1(O)Cc2c(O)c3c(c(O)c2C(O[C@H]2C[C@@H](N)[C@@H](O)[C@@H](C)O2)C1)C(=O)c1c(OC)cccc1C3=O. The van der Waals surface area contributed by atoms with E-state index in [0.717, 1.165) is 44.8 Å². The number of fused-ring (bicyclic) bond motifs is 11. The number of hydrogen-bond donors (Lipinski definition) is 14. The van der Waals surface area contributed by atoms with Crippen LogP contribution >= 0.6 is 0 Å². The Morgan fingerprint density at radius 2 is 1.03 bits per heavy atom. The first-order chi connectivity index (χ1) is 70.8.